The molecular formula is C12H14O4. The Morgan fingerprint density at radius 1 is 1.31 bits per heavy atom. The Morgan fingerprint density at radius 3 is 2.50 bits per heavy atom. The highest BCUT2D eigenvalue weighted by Gasteiger charge is 2.22. The average Bonchev–Trinajstić information content (AvgIpc) is 2.35. The molecule has 4 nitrogen and oxygen atoms in total. The van der Waals surface area contributed by atoms with Gasteiger partial charge in [-0.2, -0.15) is 0 Å². The summed E-state index contributed by atoms with van der Waals surface area (Å²) in [6.07, 6.45) is 0.144. The van der Waals surface area contributed by atoms with Gasteiger partial charge in [-0.15, -0.1) is 0 Å². The number of hydrogen-bond donors (Lipinski definition) is 2. The molecule has 2 N–H and O–H groups in total. The van der Waals surface area contributed by atoms with Crippen LogP contribution in [0.4, 0.5) is 0 Å². The van der Waals surface area contributed by atoms with Gasteiger partial charge >= 0.3 is 5.97 Å². The summed E-state index contributed by atoms with van der Waals surface area (Å²) in [7, 11) is 1.15. The number of carbonyl (C=O) groups is 1. The Labute approximate surface area is 93.8 Å². The molecule has 0 heterocycles. The van der Waals surface area contributed by atoms with Crippen LogP contribution < -0.4 is 0 Å². The van der Waals surface area contributed by atoms with E-state index in [1.807, 2.05) is 30.3 Å². The van der Waals surface area contributed by atoms with Gasteiger partial charge in [-0.25, -0.2) is 4.79 Å². The number of carbonyl (C=O) groups excluding carboxylic acids is 1. The molecule has 0 aromatic heterocycles. The van der Waals surface area contributed by atoms with Crippen molar-refractivity contribution in [2.24, 2.45) is 0 Å². The highest BCUT2D eigenvalue weighted by Crippen LogP contribution is 2.04. The molecule has 0 saturated carbocycles. The number of rotatable bonds is 4. The lowest BCUT2D eigenvalue weighted by atomic mass is 10.1. The molecule has 2 atom stereocenters. The Hall–Kier alpha value is -1.65. The molecule has 0 unspecified atom stereocenters. The van der Waals surface area contributed by atoms with Crippen molar-refractivity contribution < 1.29 is 19.7 Å². The van der Waals surface area contributed by atoms with E-state index in [1.54, 1.807) is 6.08 Å². The van der Waals surface area contributed by atoms with Crippen molar-refractivity contribution in [2.75, 3.05) is 7.11 Å². The van der Waals surface area contributed by atoms with E-state index >= 15 is 0 Å². The summed E-state index contributed by atoms with van der Waals surface area (Å²) in [6, 6.07) is 9.25. The number of esters is 1. The first kappa shape index (κ1) is 12.4. The van der Waals surface area contributed by atoms with Gasteiger partial charge in [0.2, 0.25) is 0 Å². The summed E-state index contributed by atoms with van der Waals surface area (Å²) < 4.78 is 4.30. The minimum absolute atomic E-state index is 0.856. The zero-order valence-electron chi connectivity index (χ0n) is 8.91. The average molecular weight is 222 g/mol. The zero-order chi connectivity index (χ0) is 12.0. The van der Waals surface area contributed by atoms with Crippen LogP contribution in [0.5, 0.6) is 0 Å². The molecule has 1 aromatic carbocycles. The van der Waals surface area contributed by atoms with Gasteiger partial charge in [0.05, 0.1) is 7.11 Å². The fraction of sp³-hybridized carbons (Fsp3) is 0.250. The second-order valence-corrected chi connectivity index (χ2v) is 3.23. The van der Waals surface area contributed by atoms with E-state index < -0.39 is 18.2 Å². The minimum atomic E-state index is -1.55. The van der Waals surface area contributed by atoms with Crippen LogP contribution in [-0.2, 0) is 9.53 Å². The topological polar surface area (TPSA) is 66.8 Å². The number of hydrogen-bond acceptors (Lipinski definition) is 4. The van der Waals surface area contributed by atoms with Crippen LogP contribution in [0.25, 0.3) is 6.08 Å². The third-order valence-electron chi connectivity index (χ3n) is 2.05. The maximum Gasteiger partial charge on any atom is 0.337 e. The fourth-order valence-electron chi connectivity index (χ4n) is 1.14. The second-order valence-electron chi connectivity index (χ2n) is 3.23. The van der Waals surface area contributed by atoms with E-state index in [4.69, 9.17) is 0 Å². The molecule has 0 fully saturated rings. The molecule has 1 rings (SSSR count). The van der Waals surface area contributed by atoms with Gasteiger partial charge in [0.15, 0.2) is 6.10 Å². The van der Waals surface area contributed by atoms with E-state index in [0.29, 0.717) is 0 Å². The van der Waals surface area contributed by atoms with Crippen LogP contribution in [0.2, 0.25) is 0 Å². The van der Waals surface area contributed by atoms with Gasteiger partial charge in [-0.1, -0.05) is 42.5 Å². The first-order valence-corrected chi connectivity index (χ1v) is 4.82. The first-order valence-electron chi connectivity index (χ1n) is 4.82. The third kappa shape index (κ3) is 3.49. The molecule has 0 aliphatic carbocycles. The summed E-state index contributed by atoms with van der Waals surface area (Å²) in [6.45, 7) is 0. The molecule has 4 heteroatoms. The van der Waals surface area contributed by atoms with E-state index in [-0.39, 0.29) is 0 Å². The smallest absolute Gasteiger partial charge is 0.337 e. The van der Waals surface area contributed by atoms with E-state index in [0.717, 1.165) is 12.7 Å². The van der Waals surface area contributed by atoms with Crippen LogP contribution in [-0.4, -0.2) is 35.5 Å². The molecule has 16 heavy (non-hydrogen) atoms. The predicted octanol–water partition coefficient (Wildman–Crippen LogP) is 0.595. The van der Waals surface area contributed by atoms with Crippen molar-refractivity contribution in [3.63, 3.8) is 0 Å². The van der Waals surface area contributed by atoms with Crippen molar-refractivity contribution in [1.29, 1.82) is 0 Å². The number of methoxy groups -OCH3 is 1. The van der Waals surface area contributed by atoms with Gasteiger partial charge in [-0.05, 0) is 5.56 Å². The minimum Gasteiger partial charge on any atom is -0.467 e. The van der Waals surface area contributed by atoms with Crippen molar-refractivity contribution >= 4 is 12.0 Å². The number of ether oxygens (including phenoxy) is 1. The number of benzene rings is 1. The molecule has 86 valence electrons. The summed E-state index contributed by atoms with van der Waals surface area (Å²) in [5.41, 5.74) is 0.874. The Kier molecular flexibility index (Phi) is 4.69. The molecular weight excluding hydrogens is 208 g/mol. The van der Waals surface area contributed by atoms with Crippen LogP contribution in [0.15, 0.2) is 36.4 Å². The summed E-state index contributed by atoms with van der Waals surface area (Å²) >= 11 is 0. The lowest BCUT2D eigenvalue weighted by Crippen LogP contribution is -2.33. The summed E-state index contributed by atoms with van der Waals surface area (Å²) in [5, 5.41) is 18.7. The van der Waals surface area contributed by atoms with Gasteiger partial charge in [0, 0.05) is 0 Å². The maximum atomic E-state index is 10.9. The number of aliphatic hydroxyl groups is 2. The Bertz CT molecular complexity index is 359. The summed E-state index contributed by atoms with van der Waals surface area (Å²) in [5.74, 6) is -0.856. The van der Waals surface area contributed by atoms with Crippen molar-refractivity contribution in [3.05, 3.63) is 42.0 Å². The van der Waals surface area contributed by atoms with Crippen LogP contribution in [0.3, 0.4) is 0 Å². The maximum absolute atomic E-state index is 10.9. The summed E-state index contributed by atoms with van der Waals surface area (Å²) in [4.78, 5) is 10.9. The monoisotopic (exact) mass is 222 g/mol. The third-order valence-corrected chi connectivity index (χ3v) is 2.05. The molecule has 0 aliphatic rings. The lowest BCUT2D eigenvalue weighted by Gasteiger charge is -2.11. The predicted molar refractivity (Wildman–Crippen MR) is 59.5 cm³/mol. The van der Waals surface area contributed by atoms with Crippen molar-refractivity contribution in [1.82, 2.24) is 0 Å². The normalized spacial score (nSPS) is 14.7. The van der Waals surface area contributed by atoms with Crippen LogP contribution in [0, 0.1) is 0 Å². The first-order chi connectivity index (χ1) is 7.65. The van der Waals surface area contributed by atoms with Crippen LogP contribution in [0.1, 0.15) is 5.56 Å². The van der Waals surface area contributed by atoms with E-state index in [1.165, 1.54) is 6.08 Å². The van der Waals surface area contributed by atoms with Gasteiger partial charge in [-0.3, -0.25) is 0 Å². The number of aliphatic hydroxyl groups excluding tert-OH is 2. The highest BCUT2D eigenvalue weighted by molar-refractivity contribution is 5.75. The highest BCUT2D eigenvalue weighted by atomic mass is 16.5. The molecule has 0 radical (unpaired) electrons. The molecule has 0 spiro atoms. The Morgan fingerprint density at radius 2 is 1.94 bits per heavy atom. The second kappa shape index (κ2) is 6.05. The Balaban J connectivity index is 2.61. The standard InChI is InChI=1S/C12H14O4/c1-16-12(15)11(14)10(13)8-7-9-5-3-2-4-6-9/h2-8,10-11,13-14H,1H3/b8-7+/t10-,11+/m1/s1. The molecule has 0 amide bonds. The van der Waals surface area contributed by atoms with Crippen molar-refractivity contribution in [2.45, 2.75) is 12.2 Å². The largest absolute Gasteiger partial charge is 0.467 e. The van der Waals surface area contributed by atoms with Gasteiger partial charge in [0.25, 0.3) is 0 Å². The quantitative estimate of drug-likeness (QED) is 0.732. The van der Waals surface area contributed by atoms with Crippen LogP contribution >= 0.6 is 0 Å². The van der Waals surface area contributed by atoms with Gasteiger partial charge < -0.3 is 14.9 Å². The SMILES string of the molecule is COC(=O)[C@@H](O)[C@H](O)/C=C/c1ccccc1. The molecule has 1 aromatic rings. The molecule has 0 bridgehead atoms. The molecule has 0 aliphatic heterocycles. The zero-order valence-corrected chi connectivity index (χ0v) is 8.91. The lowest BCUT2D eigenvalue weighted by molar-refractivity contribution is -0.154. The van der Waals surface area contributed by atoms with Gasteiger partial charge in [0.1, 0.15) is 6.10 Å². The van der Waals surface area contributed by atoms with Crippen molar-refractivity contribution in [3.8, 4) is 0 Å². The van der Waals surface area contributed by atoms with E-state index in [9.17, 15) is 15.0 Å². The van der Waals surface area contributed by atoms with E-state index in [2.05, 4.69) is 4.74 Å². The molecule has 0 saturated heterocycles. The fourth-order valence-corrected chi connectivity index (χ4v) is 1.14.